The molecule has 1 amide bonds. The first kappa shape index (κ1) is 16.8. The minimum absolute atomic E-state index is 0.186. The fraction of sp³-hybridized carbons (Fsp3) is 0.611. The molecule has 0 saturated heterocycles. The van der Waals surface area contributed by atoms with E-state index in [0.717, 1.165) is 32.1 Å². The number of halogens is 1. The first-order valence-electron chi connectivity index (χ1n) is 8.68. The van der Waals surface area contributed by atoms with Gasteiger partial charge in [-0.2, -0.15) is 0 Å². The Hall–Kier alpha value is -1.66. The third-order valence-electron chi connectivity index (χ3n) is 5.83. The van der Waals surface area contributed by atoms with E-state index in [1.54, 1.807) is 12.1 Å². The zero-order chi connectivity index (χ0) is 17.7. The maximum Gasteiger partial charge on any atom is 0.312 e. The van der Waals surface area contributed by atoms with Crippen LogP contribution in [0.25, 0.3) is 0 Å². The van der Waals surface area contributed by atoms with E-state index in [9.17, 15) is 14.7 Å². The molecule has 2 unspecified atom stereocenters. The topological polar surface area (TPSA) is 88.5 Å². The fourth-order valence-corrected chi connectivity index (χ4v) is 5.57. The van der Waals surface area contributed by atoms with Gasteiger partial charge in [-0.25, -0.2) is 4.98 Å². The first-order chi connectivity index (χ1) is 11.9. The third kappa shape index (κ3) is 3.13. The van der Waals surface area contributed by atoms with Crippen molar-refractivity contribution in [3.05, 3.63) is 23.5 Å². The molecule has 1 aromatic rings. The molecule has 0 aliphatic heterocycles. The molecule has 4 fully saturated rings. The lowest BCUT2D eigenvalue weighted by Gasteiger charge is -2.58. The quantitative estimate of drug-likeness (QED) is 0.633. The average Bonchev–Trinajstić information content (AvgIpc) is 2.52. The van der Waals surface area contributed by atoms with Gasteiger partial charge in [0.15, 0.2) is 11.8 Å². The Kier molecular flexibility index (Phi) is 4.00. The number of anilines is 1. The van der Waals surface area contributed by atoms with Crippen molar-refractivity contribution in [2.45, 2.75) is 44.1 Å². The molecule has 25 heavy (non-hydrogen) atoms. The third-order valence-corrected chi connectivity index (χ3v) is 6.13. The van der Waals surface area contributed by atoms with Crippen molar-refractivity contribution in [1.82, 2.24) is 4.98 Å². The van der Waals surface area contributed by atoms with E-state index in [2.05, 4.69) is 10.3 Å². The predicted molar refractivity (Wildman–Crippen MR) is 90.9 cm³/mol. The van der Waals surface area contributed by atoms with Crippen molar-refractivity contribution >= 4 is 29.2 Å². The second-order valence-electron chi connectivity index (χ2n) is 7.93. The summed E-state index contributed by atoms with van der Waals surface area (Å²) in [6, 6.07) is 3.29. The number of carbonyl (C=O) groups is 2. The van der Waals surface area contributed by atoms with E-state index in [4.69, 9.17) is 16.3 Å². The highest BCUT2D eigenvalue weighted by Gasteiger charge is 2.60. The zero-order valence-corrected chi connectivity index (χ0v) is 14.6. The van der Waals surface area contributed by atoms with Crippen LogP contribution >= 0.6 is 11.6 Å². The number of aliphatic hydroxyl groups is 1. The van der Waals surface area contributed by atoms with Crippen LogP contribution in [-0.4, -0.2) is 34.2 Å². The summed E-state index contributed by atoms with van der Waals surface area (Å²) in [5.41, 5.74) is -0.964. The average molecular weight is 365 g/mol. The van der Waals surface area contributed by atoms with E-state index >= 15 is 0 Å². The SMILES string of the molecule is O=C(COC(=O)C12CC3CC(CC(O)(C3)C1)C2)Nc1cccnc1Cl. The number of carbonyl (C=O) groups excluding carboxylic acids is 2. The summed E-state index contributed by atoms with van der Waals surface area (Å²) in [4.78, 5) is 28.6. The van der Waals surface area contributed by atoms with Crippen molar-refractivity contribution < 1.29 is 19.4 Å². The van der Waals surface area contributed by atoms with E-state index in [1.165, 1.54) is 6.20 Å². The highest BCUT2D eigenvalue weighted by molar-refractivity contribution is 6.32. The van der Waals surface area contributed by atoms with Crippen LogP contribution < -0.4 is 5.32 Å². The molecule has 7 heteroatoms. The van der Waals surface area contributed by atoms with Gasteiger partial charge in [0.1, 0.15) is 0 Å². The molecule has 0 spiro atoms. The molecule has 1 heterocycles. The molecule has 4 aliphatic carbocycles. The lowest BCUT2D eigenvalue weighted by atomic mass is 9.48. The van der Waals surface area contributed by atoms with Crippen molar-refractivity contribution in [2.75, 3.05) is 11.9 Å². The summed E-state index contributed by atoms with van der Waals surface area (Å²) >= 11 is 5.90. The van der Waals surface area contributed by atoms with E-state index in [1.807, 2.05) is 0 Å². The van der Waals surface area contributed by atoms with Crippen LogP contribution in [0, 0.1) is 17.3 Å². The number of hydrogen-bond acceptors (Lipinski definition) is 5. The summed E-state index contributed by atoms with van der Waals surface area (Å²) < 4.78 is 5.32. The maximum absolute atomic E-state index is 12.7. The second-order valence-corrected chi connectivity index (χ2v) is 8.29. The Morgan fingerprint density at radius 2 is 2.04 bits per heavy atom. The van der Waals surface area contributed by atoms with Gasteiger partial charge in [0, 0.05) is 6.20 Å². The van der Waals surface area contributed by atoms with Crippen LogP contribution in [0.2, 0.25) is 5.15 Å². The van der Waals surface area contributed by atoms with Crippen LogP contribution in [-0.2, 0) is 14.3 Å². The van der Waals surface area contributed by atoms with Gasteiger partial charge in [0.05, 0.1) is 16.7 Å². The van der Waals surface area contributed by atoms with E-state index in [0.29, 0.717) is 23.9 Å². The number of nitrogens with one attached hydrogen (secondary N) is 1. The Balaban J connectivity index is 1.38. The van der Waals surface area contributed by atoms with Gasteiger partial charge in [-0.1, -0.05) is 11.6 Å². The van der Waals surface area contributed by atoms with E-state index in [-0.39, 0.29) is 17.7 Å². The number of nitrogens with zero attached hydrogens (tertiary/aromatic N) is 1. The van der Waals surface area contributed by atoms with Crippen LogP contribution in [0.4, 0.5) is 5.69 Å². The molecule has 0 radical (unpaired) electrons. The summed E-state index contributed by atoms with van der Waals surface area (Å²) in [7, 11) is 0. The van der Waals surface area contributed by atoms with Gasteiger partial charge in [-0.15, -0.1) is 0 Å². The van der Waals surface area contributed by atoms with Gasteiger partial charge in [0.2, 0.25) is 0 Å². The van der Waals surface area contributed by atoms with Gasteiger partial charge in [-0.3, -0.25) is 9.59 Å². The van der Waals surface area contributed by atoms with Gasteiger partial charge in [0.25, 0.3) is 5.91 Å². The van der Waals surface area contributed by atoms with Crippen LogP contribution in [0.3, 0.4) is 0 Å². The summed E-state index contributed by atoms with van der Waals surface area (Å²) in [6.45, 7) is -0.362. The molecule has 1 aromatic heterocycles. The van der Waals surface area contributed by atoms with Crippen molar-refractivity contribution in [3.8, 4) is 0 Å². The highest BCUT2D eigenvalue weighted by Crippen LogP contribution is 2.61. The van der Waals surface area contributed by atoms with E-state index < -0.39 is 16.9 Å². The number of ether oxygens (including phenoxy) is 1. The van der Waals surface area contributed by atoms with Crippen LogP contribution in [0.5, 0.6) is 0 Å². The van der Waals surface area contributed by atoms with Crippen LogP contribution in [0.1, 0.15) is 38.5 Å². The Morgan fingerprint density at radius 3 is 2.68 bits per heavy atom. The van der Waals surface area contributed by atoms with Crippen molar-refractivity contribution in [3.63, 3.8) is 0 Å². The molecule has 2 N–H and O–H groups in total. The maximum atomic E-state index is 12.7. The minimum atomic E-state index is -0.728. The summed E-state index contributed by atoms with van der Waals surface area (Å²) in [5.74, 6) is -0.0252. The molecule has 2 atom stereocenters. The Morgan fingerprint density at radius 1 is 1.32 bits per heavy atom. The summed E-state index contributed by atoms with van der Waals surface area (Å²) in [5, 5.41) is 13.5. The zero-order valence-electron chi connectivity index (χ0n) is 13.8. The lowest BCUT2D eigenvalue weighted by Crippen LogP contribution is -2.58. The number of amides is 1. The number of hydrogen-bond donors (Lipinski definition) is 2. The van der Waals surface area contributed by atoms with Gasteiger partial charge < -0.3 is 15.2 Å². The van der Waals surface area contributed by atoms with Gasteiger partial charge >= 0.3 is 5.97 Å². The molecule has 6 nitrogen and oxygen atoms in total. The molecule has 4 bridgehead atoms. The largest absolute Gasteiger partial charge is 0.455 e. The highest BCUT2D eigenvalue weighted by atomic mass is 35.5. The van der Waals surface area contributed by atoms with Gasteiger partial charge in [-0.05, 0) is 62.5 Å². The van der Waals surface area contributed by atoms with Crippen molar-refractivity contribution in [1.29, 1.82) is 0 Å². The number of pyridine rings is 1. The number of esters is 1. The molecule has 4 saturated carbocycles. The second kappa shape index (κ2) is 5.95. The molecular formula is C18H21ClN2O4. The number of rotatable bonds is 4. The minimum Gasteiger partial charge on any atom is -0.455 e. The molecule has 4 aliphatic rings. The Bertz CT molecular complexity index is 709. The fourth-order valence-electron chi connectivity index (χ4n) is 5.40. The normalized spacial score (nSPS) is 35.4. The first-order valence-corrected chi connectivity index (χ1v) is 9.05. The van der Waals surface area contributed by atoms with Crippen LogP contribution in [0.15, 0.2) is 18.3 Å². The predicted octanol–water partition coefficient (Wildman–Crippen LogP) is 2.55. The molecule has 5 rings (SSSR count). The molecule has 0 aromatic carbocycles. The number of aromatic nitrogens is 1. The molecular weight excluding hydrogens is 344 g/mol. The standard InChI is InChI=1S/C18H21ClN2O4/c19-15-13(2-1-3-20-15)21-14(22)9-25-16(23)17-5-11-4-12(6-17)8-18(24,7-11)10-17/h1-3,11-12,24H,4-10H2,(H,21,22). The lowest BCUT2D eigenvalue weighted by molar-refractivity contribution is -0.196. The monoisotopic (exact) mass is 364 g/mol. The van der Waals surface area contributed by atoms with Crippen molar-refractivity contribution in [2.24, 2.45) is 17.3 Å². The Labute approximate surface area is 150 Å². The summed E-state index contributed by atoms with van der Waals surface area (Å²) in [6.07, 6.45) is 6.19. The molecule has 134 valence electrons. The smallest absolute Gasteiger partial charge is 0.312 e.